The largest absolute Gasteiger partial charge is 0.480 e. The first-order valence-corrected chi connectivity index (χ1v) is 7.49. The van der Waals surface area contributed by atoms with E-state index in [1.165, 1.54) is 0 Å². The van der Waals surface area contributed by atoms with Gasteiger partial charge in [-0.05, 0) is 19.1 Å². The van der Waals surface area contributed by atoms with Crippen molar-refractivity contribution < 1.29 is 23.1 Å². The number of rotatable bonds is 7. The number of hydrogen-bond donors (Lipinski definition) is 3. The van der Waals surface area contributed by atoms with Crippen LogP contribution in [0, 0.1) is 6.92 Å². The van der Waals surface area contributed by atoms with Crippen LogP contribution in [-0.4, -0.2) is 44.2 Å². The van der Waals surface area contributed by atoms with E-state index in [2.05, 4.69) is 10.0 Å². The van der Waals surface area contributed by atoms with Gasteiger partial charge in [-0.25, -0.2) is 13.1 Å². The second-order valence-corrected chi connectivity index (χ2v) is 5.98. The maximum absolute atomic E-state index is 11.7. The van der Waals surface area contributed by atoms with E-state index >= 15 is 0 Å². The molecule has 0 saturated heterocycles. The fourth-order valence-electron chi connectivity index (χ4n) is 1.40. The molecule has 0 aromatic heterocycles. The second kappa shape index (κ2) is 7.01. The highest BCUT2D eigenvalue weighted by molar-refractivity contribution is 7.90. The highest BCUT2D eigenvalue weighted by Gasteiger charge is 2.14. The molecule has 0 aliphatic heterocycles. The summed E-state index contributed by atoms with van der Waals surface area (Å²) in [5.41, 5.74) is 1.51. The van der Waals surface area contributed by atoms with Crippen LogP contribution in [0.25, 0.3) is 0 Å². The Labute approximate surface area is 117 Å². The molecule has 8 heteroatoms. The summed E-state index contributed by atoms with van der Waals surface area (Å²) in [6.45, 7) is 1.91. The van der Waals surface area contributed by atoms with E-state index < -0.39 is 21.7 Å². The van der Waals surface area contributed by atoms with Crippen molar-refractivity contribution in [2.75, 3.05) is 18.8 Å². The van der Waals surface area contributed by atoms with E-state index in [0.29, 0.717) is 5.56 Å². The number of carboxylic acids is 1. The van der Waals surface area contributed by atoms with Crippen LogP contribution in [0.5, 0.6) is 0 Å². The Bertz CT molecular complexity index is 580. The number of sulfonamides is 1. The van der Waals surface area contributed by atoms with Crippen LogP contribution >= 0.6 is 0 Å². The summed E-state index contributed by atoms with van der Waals surface area (Å²) in [5, 5.41) is 10.9. The van der Waals surface area contributed by atoms with Gasteiger partial charge in [0, 0.05) is 18.7 Å². The average Bonchev–Trinajstić information content (AvgIpc) is 2.33. The molecule has 0 aliphatic rings. The maximum atomic E-state index is 11.7. The predicted molar refractivity (Wildman–Crippen MR) is 72.9 cm³/mol. The maximum Gasteiger partial charge on any atom is 0.320 e. The lowest BCUT2D eigenvalue weighted by Gasteiger charge is -2.07. The molecular formula is C12H16N2O5S. The molecule has 0 heterocycles. The molecule has 0 aliphatic carbocycles. The van der Waals surface area contributed by atoms with Crippen LogP contribution in [0.2, 0.25) is 0 Å². The van der Waals surface area contributed by atoms with Crippen molar-refractivity contribution in [1.29, 1.82) is 0 Å². The van der Waals surface area contributed by atoms with Gasteiger partial charge >= 0.3 is 5.97 Å². The van der Waals surface area contributed by atoms with Gasteiger partial charge in [0.25, 0.3) is 5.91 Å². The fraction of sp³-hybridized carbons (Fsp3) is 0.333. The predicted octanol–water partition coefficient (Wildman–Crippen LogP) is -0.271. The Morgan fingerprint density at radius 3 is 2.30 bits per heavy atom. The van der Waals surface area contributed by atoms with Crippen molar-refractivity contribution in [2.24, 2.45) is 0 Å². The molecule has 3 N–H and O–H groups in total. The number of carbonyl (C=O) groups is 2. The smallest absolute Gasteiger partial charge is 0.320 e. The fourth-order valence-corrected chi connectivity index (χ4v) is 2.24. The van der Waals surface area contributed by atoms with E-state index in [4.69, 9.17) is 5.11 Å². The normalized spacial score (nSPS) is 11.1. The summed E-state index contributed by atoms with van der Waals surface area (Å²) in [4.78, 5) is 22.0. The first kappa shape index (κ1) is 16.1. The number of aliphatic carboxylic acids is 1. The summed E-state index contributed by atoms with van der Waals surface area (Å²) in [6, 6.07) is 6.92. The lowest BCUT2D eigenvalue weighted by atomic mass is 10.1. The van der Waals surface area contributed by atoms with E-state index in [9.17, 15) is 18.0 Å². The van der Waals surface area contributed by atoms with Gasteiger partial charge in [-0.3, -0.25) is 9.59 Å². The summed E-state index contributed by atoms with van der Waals surface area (Å²) in [5.74, 6) is -2.73. The number of carbonyl (C=O) groups excluding carboxylic acids is 1. The van der Waals surface area contributed by atoms with Gasteiger partial charge in [0.2, 0.25) is 10.0 Å². The average molecular weight is 300 g/mol. The number of aryl methyl sites for hydroxylation is 1. The molecule has 0 bridgehead atoms. The van der Waals surface area contributed by atoms with Crippen LogP contribution in [0.4, 0.5) is 0 Å². The third kappa shape index (κ3) is 5.81. The topological polar surface area (TPSA) is 113 Å². The first-order valence-electron chi connectivity index (χ1n) is 5.84. The Morgan fingerprint density at radius 1 is 1.15 bits per heavy atom. The lowest BCUT2D eigenvalue weighted by molar-refractivity contribution is -0.134. The lowest BCUT2D eigenvalue weighted by Crippen LogP contribution is -2.37. The molecule has 0 saturated carbocycles. The first-order chi connectivity index (χ1) is 9.30. The SMILES string of the molecule is Cc1ccc(C(=O)NCCNS(=O)(=O)CC(=O)O)cc1. The molecule has 0 unspecified atom stereocenters. The van der Waals surface area contributed by atoms with Gasteiger partial charge in [-0.1, -0.05) is 17.7 Å². The molecular weight excluding hydrogens is 284 g/mol. The summed E-state index contributed by atoms with van der Waals surface area (Å²) in [6.07, 6.45) is 0. The van der Waals surface area contributed by atoms with Crippen molar-refractivity contribution in [3.8, 4) is 0 Å². The Kier molecular flexibility index (Phi) is 5.66. The van der Waals surface area contributed by atoms with Gasteiger partial charge in [-0.2, -0.15) is 0 Å². The number of benzene rings is 1. The van der Waals surface area contributed by atoms with Gasteiger partial charge in [-0.15, -0.1) is 0 Å². The van der Waals surface area contributed by atoms with Crippen molar-refractivity contribution in [2.45, 2.75) is 6.92 Å². The second-order valence-electron chi connectivity index (χ2n) is 4.17. The van der Waals surface area contributed by atoms with Gasteiger partial charge in [0.1, 0.15) is 0 Å². The molecule has 0 fully saturated rings. The third-order valence-corrected chi connectivity index (χ3v) is 3.63. The van der Waals surface area contributed by atoms with Crippen molar-refractivity contribution in [1.82, 2.24) is 10.0 Å². The van der Waals surface area contributed by atoms with Crippen molar-refractivity contribution in [3.63, 3.8) is 0 Å². The Balaban J connectivity index is 2.36. The molecule has 20 heavy (non-hydrogen) atoms. The van der Waals surface area contributed by atoms with Crippen LogP contribution in [0.15, 0.2) is 24.3 Å². The van der Waals surface area contributed by atoms with Crippen molar-refractivity contribution in [3.05, 3.63) is 35.4 Å². The van der Waals surface area contributed by atoms with Crippen LogP contribution in [0.1, 0.15) is 15.9 Å². The zero-order chi connectivity index (χ0) is 15.2. The molecule has 0 radical (unpaired) electrons. The minimum atomic E-state index is -3.85. The molecule has 1 aromatic rings. The Morgan fingerprint density at radius 2 is 1.75 bits per heavy atom. The molecule has 1 amide bonds. The number of amides is 1. The molecule has 1 aromatic carbocycles. The molecule has 1 rings (SSSR count). The number of carboxylic acid groups (broad SMARTS) is 1. The van der Waals surface area contributed by atoms with Gasteiger partial charge in [0.05, 0.1) is 0 Å². The zero-order valence-electron chi connectivity index (χ0n) is 10.9. The summed E-state index contributed by atoms with van der Waals surface area (Å²) >= 11 is 0. The monoisotopic (exact) mass is 300 g/mol. The quantitative estimate of drug-likeness (QED) is 0.600. The Hall–Kier alpha value is -1.93. The molecule has 0 atom stereocenters. The molecule has 0 spiro atoms. The third-order valence-electron chi connectivity index (χ3n) is 2.36. The molecule has 110 valence electrons. The number of hydrogen-bond acceptors (Lipinski definition) is 4. The van der Waals surface area contributed by atoms with Gasteiger partial charge < -0.3 is 10.4 Å². The summed E-state index contributed by atoms with van der Waals surface area (Å²) < 4.78 is 24.5. The number of nitrogens with one attached hydrogen (secondary N) is 2. The van der Waals surface area contributed by atoms with E-state index in [-0.39, 0.29) is 19.0 Å². The van der Waals surface area contributed by atoms with Gasteiger partial charge in [0.15, 0.2) is 5.75 Å². The zero-order valence-corrected chi connectivity index (χ0v) is 11.7. The minimum Gasteiger partial charge on any atom is -0.480 e. The van der Waals surface area contributed by atoms with E-state index in [1.54, 1.807) is 24.3 Å². The van der Waals surface area contributed by atoms with Crippen LogP contribution in [0.3, 0.4) is 0 Å². The van der Waals surface area contributed by atoms with E-state index in [0.717, 1.165) is 5.56 Å². The van der Waals surface area contributed by atoms with Crippen molar-refractivity contribution >= 4 is 21.9 Å². The van der Waals surface area contributed by atoms with Crippen LogP contribution < -0.4 is 10.0 Å². The summed E-state index contributed by atoms with van der Waals surface area (Å²) in [7, 11) is -3.85. The van der Waals surface area contributed by atoms with Crippen LogP contribution in [-0.2, 0) is 14.8 Å². The van der Waals surface area contributed by atoms with E-state index in [1.807, 2.05) is 6.92 Å². The molecule has 7 nitrogen and oxygen atoms in total. The highest BCUT2D eigenvalue weighted by Crippen LogP contribution is 2.02. The highest BCUT2D eigenvalue weighted by atomic mass is 32.2. The minimum absolute atomic E-state index is 0.0623. The standard InChI is InChI=1S/C12H16N2O5S/c1-9-2-4-10(5-3-9)12(17)13-6-7-14-20(18,19)8-11(15)16/h2-5,14H,6-8H2,1H3,(H,13,17)(H,15,16).